The number of esters is 1. The third-order valence-corrected chi connectivity index (χ3v) is 6.14. The predicted molar refractivity (Wildman–Crippen MR) is 105 cm³/mol. The summed E-state index contributed by atoms with van der Waals surface area (Å²) in [5.41, 5.74) is -0.806. The average Bonchev–Trinajstić information content (AvgIpc) is 3.13. The molecule has 1 aliphatic carbocycles. The SMILES string of the molecule is CCCCCC(C)(O)/C=C/[C@@H]1[C@H]2CC(CCCCC(=O)OC)O[C@@H]2C[C@H]1O. The van der Waals surface area contributed by atoms with Crippen LogP contribution in [-0.2, 0) is 14.3 Å². The Labute approximate surface area is 164 Å². The number of unbranched alkanes of at least 4 members (excludes halogenated alkanes) is 3. The second-order valence-corrected chi connectivity index (χ2v) is 8.57. The standard InChI is InChI=1S/C22H38O5/c1-4-5-8-12-22(2,25)13-11-17-18-14-16(27-20(18)15-19(17)23)9-6-7-10-21(24)26-3/h11,13,16-20,23,25H,4-10,12,14-15H2,1-3H3/b13-11+/t16?,17-,18-,19-,20-,22?/m1/s1. The molecule has 2 unspecified atom stereocenters. The zero-order chi connectivity index (χ0) is 19.9. The number of rotatable bonds is 11. The van der Waals surface area contributed by atoms with Gasteiger partial charge in [-0.3, -0.25) is 4.79 Å². The number of aliphatic hydroxyl groups excluding tert-OH is 1. The highest BCUT2D eigenvalue weighted by atomic mass is 16.5. The number of aliphatic hydroxyl groups is 2. The molecular weight excluding hydrogens is 344 g/mol. The number of carbonyl (C=O) groups is 1. The molecule has 1 saturated heterocycles. The van der Waals surface area contributed by atoms with Gasteiger partial charge >= 0.3 is 5.97 Å². The van der Waals surface area contributed by atoms with Gasteiger partial charge in [-0.15, -0.1) is 0 Å². The zero-order valence-electron chi connectivity index (χ0n) is 17.2. The Bertz CT molecular complexity index is 487. The monoisotopic (exact) mass is 382 g/mol. The van der Waals surface area contributed by atoms with E-state index in [1.807, 2.05) is 19.1 Å². The first kappa shape index (κ1) is 22.4. The van der Waals surface area contributed by atoms with Gasteiger partial charge in [0.2, 0.25) is 0 Å². The van der Waals surface area contributed by atoms with E-state index in [9.17, 15) is 15.0 Å². The maximum Gasteiger partial charge on any atom is 0.305 e. The van der Waals surface area contributed by atoms with Crippen LogP contribution < -0.4 is 0 Å². The van der Waals surface area contributed by atoms with Crippen molar-refractivity contribution in [3.8, 4) is 0 Å². The number of hydrogen-bond donors (Lipinski definition) is 2. The third kappa shape index (κ3) is 6.88. The van der Waals surface area contributed by atoms with Gasteiger partial charge in [0, 0.05) is 18.8 Å². The number of hydrogen-bond acceptors (Lipinski definition) is 5. The molecule has 6 atom stereocenters. The Morgan fingerprint density at radius 1 is 1.26 bits per heavy atom. The molecule has 2 N–H and O–H groups in total. The minimum atomic E-state index is -0.806. The van der Waals surface area contributed by atoms with Crippen LogP contribution in [0.15, 0.2) is 12.2 Å². The van der Waals surface area contributed by atoms with Crippen LogP contribution in [0.3, 0.4) is 0 Å². The summed E-state index contributed by atoms with van der Waals surface area (Å²) in [6.07, 6.45) is 12.7. The van der Waals surface area contributed by atoms with Crippen molar-refractivity contribution in [1.29, 1.82) is 0 Å². The van der Waals surface area contributed by atoms with Crippen LogP contribution in [0, 0.1) is 11.8 Å². The van der Waals surface area contributed by atoms with E-state index < -0.39 is 5.60 Å². The number of fused-ring (bicyclic) bond motifs is 1. The summed E-state index contributed by atoms with van der Waals surface area (Å²) in [6, 6.07) is 0. The van der Waals surface area contributed by atoms with Gasteiger partial charge in [0.15, 0.2) is 0 Å². The first-order valence-corrected chi connectivity index (χ1v) is 10.7. The molecule has 1 saturated carbocycles. The molecule has 5 nitrogen and oxygen atoms in total. The maximum absolute atomic E-state index is 11.2. The summed E-state index contributed by atoms with van der Waals surface area (Å²) in [7, 11) is 1.42. The Balaban J connectivity index is 1.80. The smallest absolute Gasteiger partial charge is 0.305 e. The summed E-state index contributed by atoms with van der Waals surface area (Å²) in [5, 5.41) is 21.0. The average molecular weight is 383 g/mol. The molecule has 2 fully saturated rings. The molecule has 156 valence electrons. The van der Waals surface area contributed by atoms with Crippen LogP contribution in [0.1, 0.15) is 78.1 Å². The van der Waals surface area contributed by atoms with Crippen molar-refractivity contribution in [3.63, 3.8) is 0 Å². The lowest BCUT2D eigenvalue weighted by Gasteiger charge is -2.22. The summed E-state index contributed by atoms with van der Waals surface area (Å²) in [6.45, 7) is 4.01. The van der Waals surface area contributed by atoms with Crippen LogP contribution >= 0.6 is 0 Å². The molecule has 2 rings (SSSR count). The molecule has 0 spiro atoms. The normalized spacial score (nSPS) is 32.6. The molecule has 2 aliphatic rings. The van der Waals surface area contributed by atoms with Gasteiger partial charge in [-0.2, -0.15) is 0 Å². The van der Waals surface area contributed by atoms with Crippen molar-refractivity contribution in [2.24, 2.45) is 11.8 Å². The molecule has 0 aromatic carbocycles. The predicted octanol–water partition coefficient (Wildman–Crippen LogP) is 3.76. The summed E-state index contributed by atoms with van der Waals surface area (Å²) < 4.78 is 10.8. The lowest BCUT2D eigenvalue weighted by Crippen LogP contribution is -2.23. The van der Waals surface area contributed by atoms with E-state index in [-0.39, 0.29) is 30.2 Å². The Kier molecular flexibility index (Phi) is 8.77. The van der Waals surface area contributed by atoms with Gasteiger partial charge in [-0.05, 0) is 38.5 Å². The van der Waals surface area contributed by atoms with E-state index in [1.165, 1.54) is 7.11 Å². The van der Waals surface area contributed by atoms with E-state index in [0.29, 0.717) is 18.8 Å². The lowest BCUT2D eigenvalue weighted by molar-refractivity contribution is -0.140. The molecule has 0 bridgehead atoms. The molecule has 0 aromatic heterocycles. The van der Waals surface area contributed by atoms with E-state index in [1.54, 1.807) is 0 Å². The van der Waals surface area contributed by atoms with Crippen LogP contribution in [0.2, 0.25) is 0 Å². The Morgan fingerprint density at radius 2 is 2.04 bits per heavy atom. The quantitative estimate of drug-likeness (QED) is 0.323. The molecule has 27 heavy (non-hydrogen) atoms. The van der Waals surface area contributed by atoms with Crippen LogP contribution in [-0.4, -0.2) is 47.2 Å². The maximum atomic E-state index is 11.2. The summed E-state index contributed by atoms with van der Waals surface area (Å²) in [5.74, 6) is 0.236. The van der Waals surface area contributed by atoms with Gasteiger partial charge in [0.1, 0.15) is 0 Å². The van der Waals surface area contributed by atoms with Gasteiger partial charge in [-0.25, -0.2) is 0 Å². The van der Waals surface area contributed by atoms with Crippen molar-refractivity contribution in [2.45, 2.75) is 102 Å². The van der Waals surface area contributed by atoms with Crippen molar-refractivity contribution in [2.75, 3.05) is 7.11 Å². The molecule has 0 radical (unpaired) electrons. The highest BCUT2D eigenvalue weighted by Gasteiger charge is 2.47. The molecular formula is C22H38O5. The second-order valence-electron chi connectivity index (χ2n) is 8.57. The van der Waals surface area contributed by atoms with Gasteiger partial charge < -0.3 is 19.7 Å². The van der Waals surface area contributed by atoms with E-state index in [0.717, 1.165) is 51.4 Å². The second kappa shape index (κ2) is 10.6. The number of carbonyl (C=O) groups excluding carboxylic acids is 1. The Morgan fingerprint density at radius 3 is 2.74 bits per heavy atom. The van der Waals surface area contributed by atoms with Gasteiger partial charge in [0.05, 0.1) is 31.0 Å². The highest BCUT2D eigenvalue weighted by Crippen LogP contribution is 2.45. The lowest BCUT2D eigenvalue weighted by atomic mass is 9.87. The Hall–Kier alpha value is -0.910. The topological polar surface area (TPSA) is 76.0 Å². The first-order chi connectivity index (χ1) is 12.9. The number of ether oxygens (including phenoxy) is 2. The van der Waals surface area contributed by atoms with Crippen molar-refractivity contribution in [3.05, 3.63) is 12.2 Å². The summed E-state index contributed by atoms with van der Waals surface area (Å²) in [4.78, 5) is 11.2. The van der Waals surface area contributed by atoms with Crippen molar-refractivity contribution < 1.29 is 24.5 Å². The minimum absolute atomic E-state index is 0.0627. The highest BCUT2D eigenvalue weighted by molar-refractivity contribution is 5.68. The third-order valence-electron chi connectivity index (χ3n) is 6.14. The molecule has 5 heteroatoms. The van der Waals surface area contributed by atoms with Gasteiger partial charge in [0.25, 0.3) is 0 Å². The van der Waals surface area contributed by atoms with E-state index in [4.69, 9.17) is 4.74 Å². The van der Waals surface area contributed by atoms with Crippen molar-refractivity contribution >= 4 is 5.97 Å². The molecule has 1 heterocycles. The van der Waals surface area contributed by atoms with Crippen molar-refractivity contribution in [1.82, 2.24) is 0 Å². The summed E-state index contributed by atoms with van der Waals surface area (Å²) >= 11 is 0. The molecule has 0 amide bonds. The van der Waals surface area contributed by atoms with E-state index in [2.05, 4.69) is 11.7 Å². The molecule has 1 aliphatic heterocycles. The van der Waals surface area contributed by atoms with Gasteiger partial charge in [-0.1, -0.05) is 44.8 Å². The first-order valence-electron chi connectivity index (χ1n) is 10.7. The van der Waals surface area contributed by atoms with Crippen LogP contribution in [0.5, 0.6) is 0 Å². The molecule has 0 aromatic rings. The van der Waals surface area contributed by atoms with Crippen LogP contribution in [0.25, 0.3) is 0 Å². The fourth-order valence-electron chi connectivity index (χ4n) is 4.51. The largest absolute Gasteiger partial charge is 0.469 e. The fraction of sp³-hybridized carbons (Fsp3) is 0.864. The zero-order valence-corrected chi connectivity index (χ0v) is 17.2. The van der Waals surface area contributed by atoms with E-state index >= 15 is 0 Å². The number of methoxy groups -OCH3 is 1. The fourth-order valence-corrected chi connectivity index (χ4v) is 4.51. The minimum Gasteiger partial charge on any atom is -0.469 e. The van der Waals surface area contributed by atoms with Crippen LogP contribution in [0.4, 0.5) is 0 Å².